The molecule has 6 heteroatoms. The number of benzene rings is 3. The van der Waals surface area contributed by atoms with Gasteiger partial charge in [-0.05, 0) is 50.1 Å². The molecule has 2 amide bonds. The molecule has 3 rings (SSSR count). The molecule has 0 saturated heterocycles. The summed E-state index contributed by atoms with van der Waals surface area (Å²) in [6.07, 6.45) is 1.38. The summed E-state index contributed by atoms with van der Waals surface area (Å²) in [5, 5.41) is 5.40. The molecule has 1 unspecified atom stereocenters. The van der Waals surface area contributed by atoms with Crippen LogP contribution in [0.15, 0.2) is 72.8 Å². The average Bonchev–Trinajstić information content (AvgIpc) is 2.76. The van der Waals surface area contributed by atoms with E-state index in [0.29, 0.717) is 6.41 Å². The Morgan fingerprint density at radius 2 is 1.71 bits per heavy atom. The Morgan fingerprint density at radius 1 is 1.03 bits per heavy atom. The first kappa shape index (κ1) is 23.6. The molecule has 0 aliphatic carbocycles. The minimum atomic E-state index is -0.494. The van der Waals surface area contributed by atoms with Crippen LogP contribution in [0.5, 0.6) is 5.75 Å². The second-order valence-electron chi connectivity index (χ2n) is 6.94. The fourth-order valence-electron chi connectivity index (χ4n) is 3.02. The zero-order valence-electron chi connectivity index (χ0n) is 17.9. The number of amides is 2. The molecule has 0 aromatic heterocycles. The Balaban J connectivity index is 0.000000245. The van der Waals surface area contributed by atoms with Crippen molar-refractivity contribution >= 4 is 18.0 Å². The van der Waals surface area contributed by atoms with Gasteiger partial charge in [-0.25, -0.2) is 4.39 Å². The number of nitrogens with one attached hydrogen (secondary N) is 2. The lowest BCUT2D eigenvalue weighted by atomic mass is 10.1. The van der Waals surface area contributed by atoms with E-state index in [4.69, 9.17) is 4.74 Å². The topological polar surface area (TPSA) is 67.4 Å². The molecule has 1 atom stereocenters. The molecule has 0 fully saturated rings. The highest BCUT2D eigenvalue weighted by molar-refractivity contribution is 5.94. The number of anilines is 1. The van der Waals surface area contributed by atoms with E-state index in [0.717, 1.165) is 29.0 Å². The second kappa shape index (κ2) is 12.1. The predicted octanol–water partition coefficient (Wildman–Crippen LogP) is 4.76. The summed E-state index contributed by atoms with van der Waals surface area (Å²) < 4.78 is 18.5. The highest BCUT2D eigenvalue weighted by Crippen LogP contribution is 2.24. The number of halogens is 1. The summed E-state index contributed by atoms with van der Waals surface area (Å²) in [6, 6.07) is 21.3. The van der Waals surface area contributed by atoms with Crippen LogP contribution in [0.2, 0.25) is 0 Å². The van der Waals surface area contributed by atoms with Crippen molar-refractivity contribution in [2.24, 2.45) is 0 Å². The monoisotopic (exact) mass is 422 g/mol. The van der Waals surface area contributed by atoms with Gasteiger partial charge >= 0.3 is 0 Å². The summed E-state index contributed by atoms with van der Waals surface area (Å²) >= 11 is 0. The zero-order chi connectivity index (χ0) is 22.6. The van der Waals surface area contributed by atoms with Crippen molar-refractivity contribution in [1.82, 2.24) is 5.32 Å². The molecular formula is C25H27FN2O3. The highest BCUT2D eigenvalue weighted by atomic mass is 19.1. The van der Waals surface area contributed by atoms with Crippen LogP contribution >= 0.6 is 0 Å². The van der Waals surface area contributed by atoms with Crippen LogP contribution in [0, 0.1) is 12.7 Å². The molecule has 162 valence electrons. The van der Waals surface area contributed by atoms with Gasteiger partial charge in [0.05, 0.1) is 12.7 Å². The number of rotatable bonds is 7. The Hall–Kier alpha value is -3.67. The number of carbonyl (C=O) groups excluding carboxylic acids is 2. The summed E-state index contributed by atoms with van der Waals surface area (Å²) in [5.41, 5.74) is 2.95. The Kier molecular flexibility index (Phi) is 9.23. The van der Waals surface area contributed by atoms with E-state index in [-0.39, 0.29) is 17.5 Å². The fraction of sp³-hybridized carbons (Fsp3) is 0.200. The van der Waals surface area contributed by atoms with Crippen LogP contribution in [0.25, 0.3) is 0 Å². The molecule has 0 spiro atoms. The van der Waals surface area contributed by atoms with Crippen molar-refractivity contribution in [1.29, 1.82) is 0 Å². The largest absolute Gasteiger partial charge is 0.496 e. The summed E-state index contributed by atoms with van der Waals surface area (Å²) in [5.74, 6) is -0.0877. The van der Waals surface area contributed by atoms with E-state index < -0.39 is 5.82 Å². The van der Waals surface area contributed by atoms with Crippen molar-refractivity contribution in [3.8, 4) is 5.75 Å². The van der Waals surface area contributed by atoms with Crippen LogP contribution in [0.1, 0.15) is 28.4 Å². The van der Waals surface area contributed by atoms with Crippen molar-refractivity contribution in [3.05, 3.63) is 95.3 Å². The molecule has 0 radical (unpaired) electrons. The third-order valence-corrected chi connectivity index (χ3v) is 4.60. The van der Waals surface area contributed by atoms with Gasteiger partial charge in [-0.1, -0.05) is 48.5 Å². The van der Waals surface area contributed by atoms with Gasteiger partial charge < -0.3 is 15.4 Å². The maximum absolute atomic E-state index is 13.5. The Morgan fingerprint density at radius 3 is 2.35 bits per heavy atom. The smallest absolute Gasteiger partial charge is 0.254 e. The van der Waals surface area contributed by atoms with Gasteiger partial charge in [0.1, 0.15) is 11.6 Å². The number of ether oxygens (including phenoxy) is 1. The lowest BCUT2D eigenvalue weighted by Gasteiger charge is -2.14. The number of hydrogen-bond acceptors (Lipinski definition) is 3. The van der Waals surface area contributed by atoms with E-state index >= 15 is 0 Å². The first-order valence-corrected chi connectivity index (χ1v) is 9.89. The van der Waals surface area contributed by atoms with Crippen LogP contribution in [0.4, 0.5) is 10.1 Å². The second-order valence-corrected chi connectivity index (χ2v) is 6.94. The maximum atomic E-state index is 13.5. The molecular weight excluding hydrogens is 395 g/mol. The molecule has 3 aromatic rings. The lowest BCUT2D eigenvalue weighted by molar-refractivity contribution is -0.105. The predicted molar refractivity (Wildman–Crippen MR) is 121 cm³/mol. The maximum Gasteiger partial charge on any atom is 0.254 e. The third kappa shape index (κ3) is 7.26. The van der Waals surface area contributed by atoms with Gasteiger partial charge in [-0.15, -0.1) is 0 Å². The van der Waals surface area contributed by atoms with Crippen LogP contribution in [-0.4, -0.2) is 25.5 Å². The zero-order valence-corrected chi connectivity index (χ0v) is 17.9. The van der Waals surface area contributed by atoms with Crippen molar-refractivity contribution in [3.63, 3.8) is 0 Å². The van der Waals surface area contributed by atoms with Crippen LogP contribution in [-0.2, 0) is 11.2 Å². The molecule has 2 N–H and O–H groups in total. The van der Waals surface area contributed by atoms with E-state index in [1.807, 2.05) is 62.4 Å². The molecule has 0 bridgehead atoms. The van der Waals surface area contributed by atoms with Gasteiger partial charge in [-0.2, -0.15) is 0 Å². The molecule has 0 aliphatic rings. The van der Waals surface area contributed by atoms with Crippen molar-refractivity contribution in [2.45, 2.75) is 26.3 Å². The molecule has 3 aromatic carbocycles. The molecule has 5 nitrogen and oxygen atoms in total. The van der Waals surface area contributed by atoms with E-state index in [1.165, 1.54) is 12.1 Å². The first-order valence-electron chi connectivity index (χ1n) is 9.89. The fourth-order valence-corrected chi connectivity index (χ4v) is 3.02. The number of hydrogen-bond donors (Lipinski definition) is 2. The average molecular weight is 423 g/mol. The summed E-state index contributed by atoms with van der Waals surface area (Å²) in [6.45, 7) is 3.80. The minimum absolute atomic E-state index is 0.0468. The van der Waals surface area contributed by atoms with Crippen LogP contribution < -0.4 is 15.4 Å². The molecule has 0 saturated carbocycles. The van der Waals surface area contributed by atoms with Gasteiger partial charge in [0.25, 0.3) is 5.91 Å². The summed E-state index contributed by atoms with van der Waals surface area (Å²) in [7, 11) is 1.60. The van der Waals surface area contributed by atoms with E-state index in [9.17, 15) is 14.0 Å². The first-order chi connectivity index (χ1) is 15.0. The standard InChI is InChI=1S/C16H16FNO.C9H11NO2/c1-12(11-13-7-3-2-4-8-13)18-16(19)14-9-5-6-10-15(14)17;1-7-8(10-6-11)4-3-5-9(7)12-2/h2-10,12H,11H2,1H3,(H,18,19);3-6H,1-2H3,(H,10,11). The van der Waals surface area contributed by atoms with Gasteiger partial charge in [0.15, 0.2) is 0 Å². The Labute approximate surface area is 182 Å². The van der Waals surface area contributed by atoms with Gasteiger partial charge in [-0.3, -0.25) is 9.59 Å². The van der Waals surface area contributed by atoms with Crippen molar-refractivity contribution in [2.75, 3.05) is 12.4 Å². The van der Waals surface area contributed by atoms with E-state index in [1.54, 1.807) is 19.2 Å². The highest BCUT2D eigenvalue weighted by Gasteiger charge is 2.13. The molecule has 0 aliphatic heterocycles. The normalized spacial score (nSPS) is 10.8. The van der Waals surface area contributed by atoms with Crippen LogP contribution in [0.3, 0.4) is 0 Å². The number of methoxy groups -OCH3 is 1. The SMILES string of the molecule is CC(Cc1ccccc1)NC(=O)c1ccccc1F.COc1cccc(NC=O)c1C. The minimum Gasteiger partial charge on any atom is -0.496 e. The third-order valence-electron chi connectivity index (χ3n) is 4.60. The lowest BCUT2D eigenvalue weighted by Crippen LogP contribution is -2.34. The van der Waals surface area contributed by atoms with Crippen molar-refractivity contribution < 1.29 is 18.7 Å². The quantitative estimate of drug-likeness (QED) is 0.540. The van der Waals surface area contributed by atoms with Gasteiger partial charge in [0.2, 0.25) is 6.41 Å². The van der Waals surface area contributed by atoms with E-state index in [2.05, 4.69) is 10.6 Å². The van der Waals surface area contributed by atoms with Gasteiger partial charge in [0, 0.05) is 17.3 Å². The molecule has 31 heavy (non-hydrogen) atoms. The molecule has 0 heterocycles. The summed E-state index contributed by atoms with van der Waals surface area (Å²) in [4.78, 5) is 22.1. The Bertz CT molecular complexity index is 993. The number of carbonyl (C=O) groups is 2.